The van der Waals surface area contributed by atoms with E-state index in [9.17, 15) is 0 Å². The maximum Gasteiger partial charge on any atom is 0.124 e. The zero-order valence-corrected chi connectivity index (χ0v) is 10.8. The second kappa shape index (κ2) is 4.02. The van der Waals surface area contributed by atoms with E-state index < -0.39 is 0 Å². The smallest absolute Gasteiger partial charge is 0.124 e. The highest BCUT2D eigenvalue weighted by molar-refractivity contribution is 5.42. The first-order chi connectivity index (χ1) is 8.22. The predicted molar refractivity (Wildman–Crippen MR) is 69.4 cm³/mol. The lowest BCUT2D eigenvalue weighted by molar-refractivity contribution is -0.0367. The van der Waals surface area contributed by atoms with Crippen LogP contribution in [0.5, 0.6) is 5.75 Å². The van der Waals surface area contributed by atoms with Crippen LogP contribution in [0.1, 0.15) is 49.8 Å². The molecule has 1 saturated carbocycles. The summed E-state index contributed by atoms with van der Waals surface area (Å²) >= 11 is 0. The average Bonchev–Trinajstić information content (AvgIpc) is 2.28. The Labute approximate surface area is 103 Å². The molecule has 0 saturated heterocycles. The van der Waals surface area contributed by atoms with Gasteiger partial charge in [0.05, 0.1) is 0 Å². The molecule has 1 unspecified atom stereocenters. The second-order valence-electron chi connectivity index (χ2n) is 5.49. The molecule has 1 aliphatic heterocycles. The molecule has 1 N–H and O–H groups in total. The quantitative estimate of drug-likeness (QED) is 0.842. The van der Waals surface area contributed by atoms with Crippen LogP contribution in [0.2, 0.25) is 0 Å². The molecule has 92 valence electrons. The van der Waals surface area contributed by atoms with E-state index in [4.69, 9.17) is 4.74 Å². The Morgan fingerprint density at radius 2 is 2.24 bits per heavy atom. The van der Waals surface area contributed by atoms with Crippen molar-refractivity contribution in [2.24, 2.45) is 0 Å². The fourth-order valence-electron chi connectivity index (χ4n) is 3.10. The molecule has 2 aliphatic rings. The van der Waals surface area contributed by atoms with E-state index in [1.54, 1.807) is 0 Å². The van der Waals surface area contributed by atoms with E-state index in [1.165, 1.54) is 30.4 Å². The Balaban J connectivity index is 1.96. The number of benzene rings is 1. The summed E-state index contributed by atoms with van der Waals surface area (Å²) in [6, 6.07) is 7.05. The fraction of sp³-hybridized carbons (Fsp3) is 0.600. The van der Waals surface area contributed by atoms with E-state index >= 15 is 0 Å². The summed E-state index contributed by atoms with van der Waals surface area (Å²) in [4.78, 5) is 0. The molecule has 17 heavy (non-hydrogen) atoms. The number of nitrogens with one attached hydrogen (secondary N) is 1. The first kappa shape index (κ1) is 11.1. The number of rotatable bonds is 2. The standard InChI is InChI=1S/C15H21NO/c1-3-16-13-10-15(7-4-8-15)17-14-6-5-11(2)9-12(13)14/h5-6,9,13,16H,3-4,7-8,10H2,1-2H3. The molecule has 1 atom stereocenters. The van der Waals surface area contributed by atoms with Crippen molar-refractivity contribution in [1.29, 1.82) is 0 Å². The summed E-state index contributed by atoms with van der Waals surface area (Å²) in [5.41, 5.74) is 2.82. The monoisotopic (exact) mass is 231 g/mol. The van der Waals surface area contributed by atoms with Crippen LogP contribution in [-0.4, -0.2) is 12.1 Å². The van der Waals surface area contributed by atoms with Crippen LogP contribution in [0.15, 0.2) is 18.2 Å². The van der Waals surface area contributed by atoms with Crippen molar-refractivity contribution in [3.8, 4) is 5.75 Å². The maximum absolute atomic E-state index is 6.25. The third-order valence-electron chi connectivity index (χ3n) is 4.16. The Morgan fingerprint density at radius 1 is 1.41 bits per heavy atom. The molecule has 3 rings (SSSR count). The number of hydrogen-bond donors (Lipinski definition) is 1. The molecule has 0 radical (unpaired) electrons. The highest BCUT2D eigenvalue weighted by Gasteiger charge is 2.45. The topological polar surface area (TPSA) is 21.3 Å². The van der Waals surface area contributed by atoms with Crippen LogP contribution < -0.4 is 10.1 Å². The molecule has 1 aliphatic carbocycles. The number of hydrogen-bond acceptors (Lipinski definition) is 2. The molecule has 0 aromatic heterocycles. The second-order valence-corrected chi connectivity index (χ2v) is 5.49. The molecule has 1 spiro atoms. The SMILES string of the molecule is CCNC1CC2(CCC2)Oc2ccc(C)cc21. The van der Waals surface area contributed by atoms with Crippen LogP contribution in [0.3, 0.4) is 0 Å². The molecular weight excluding hydrogens is 210 g/mol. The molecule has 1 heterocycles. The Morgan fingerprint density at radius 3 is 2.88 bits per heavy atom. The van der Waals surface area contributed by atoms with Crippen molar-refractivity contribution in [1.82, 2.24) is 5.32 Å². The molecule has 2 heteroatoms. The summed E-state index contributed by atoms with van der Waals surface area (Å²) in [6.45, 7) is 5.35. The van der Waals surface area contributed by atoms with E-state index in [0.717, 1.165) is 18.7 Å². The van der Waals surface area contributed by atoms with Gasteiger partial charge < -0.3 is 10.1 Å². The third-order valence-corrected chi connectivity index (χ3v) is 4.16. The summed E-state index contributed by atoms with van der Waals surface area (Å²) in [5.74, 6) is 1.10. The number of fused-ring (bicyclic) bond motifs is 1. The van der Waals surface area contributed by atoms with E-state index in [1.807, 2.05) is 0 Å². The van der Waals surface area contributed by atoms with Crippen LogP contribution >= 0.6 is 0 Å². The highest BCUT2D eigenvalue weighted by Crippen LogP contribution is 2.48. The van der Waals surface area contributed by atoms with Gasteiger partial charge in [0.15, 0.2) is 0 Å². The van der Waals surface area contributed by atoms with Gasteiger partial charge in [0.1, 0.15) is 11.4 Å². The zero-order valence-electron chi connectivity index (χ0n) is 10.8. The van der Waals surface area contributed by atoms with Crippen molar-refractivity contribution in [3.05, 3.63) is 29.3 Å². The molecule has 1 aromatic carbocycles. The summed E-state index contributed by atoms with van der Waals surface area (Å²) < 4.78 is 6.25. The lowest BCUT2D eigenvalue weighted by Crippen LogP contribution is -2.49. The van der Waals surface area contributed by atoms with Gasteiger partial charge in [0.2, 0.25) is 0 Å². The third kappa shape index (κ3) is 1.85. The molecule has 1 fully saturated rings. The Bertz CT molecular complexity index is 423. The minimum absolute atomic E-state index is 0.148. The van der Waals surface area contributed by atoms with Gasteiger partial charge in [-0.05, 0) is 38.8 Å². The lowest BCUT2D eigenvalue weighted by Gasteiger charge is -2.48. The van der Waals surface area contributed by atoms with Crippen LogP contribution in [0.4, 0.5) is 0 Å². The van der Waals surface area contributed by atoms with Gasteiger partial charge in [-0.2, -0.15) is 0 Å². The van der Waals surface area contributed by atoms with Crippen molar-refractivity contribution < 1.29 is 4.74 Å². The first-order valence-electron chi connectivity index (χ1n) is 6.75. The molecular formula is C15H21NO. The van der Waals surface area contributed by atoms with E-state index in [0.29, 0.717) is 6.04 Å². The molecule has 0 bridgehead atoms. The summed E-state index contributed by atoms with van der Waals surface area (Å²) in [6.07, 6.45) is 4.90. The van der Waals surface area contributed by atoms with Gasteiger partial charge in [-0.25, -0.2) is 0 Å². The van der Waals surface area contributed by atoms with Crippen LogP contribution in [-0.2, 0) is 0 Å². The lowest BCUT2D eigenvalue weighted by atomic mass is 9.73. The van der Waals surface area contributed by atoms with Gasteiger partial charge >= 0.3 is 0 Å². The minimum Gasteiger partial charge on any atom is -0.487 e. The first-order valence-corrected chi connectivity index (χ1v) is 6.75. The highest BCUT2D eigenvalue weighted by atomic mass is 16.5. The number of aryl methyl sites for hydroxylation is 1. The summed E-state index contributed by atoms with van der Waals surface area (Å²) in [7, 11) is 0. The average molecular weight is 231 g/mol. The van der Waals surface area contributed by atoms with Gasteiger partial charge in [0.25, 0.3) is 0 Å². The van der Waals surface area contributed by atoms with Crippen LogP contribution in [0.25, 0.3) is 0 Å². The van der Waals surface area contributed by atoms with Gasteiger partial charge in [-0.3, -0.25) is 0 Å². The summed E-state index contributed by atoms with van der Waals surface area (Å²) in [5, 5.41) is 3.61. The zero-order chi connectivity index (χ0) is 11.9. The van der Waals surface area contributed by atoms with Crippen molar-refractivity contribution in [3.63, 3.8) is 0 Å². The maximum atomic E-state index is 6.25. The van der Waals surface area contributed by atoms with Crippen molar-refractivity contribution in [2.45, 2.75) is 51.2 Å². The Hall–Kier alpha value is -1.02. The molecule has 0 amide bonds. The predicted octanol–water partition coefficient (Wildman–Crippen LogP) is 3.35. The van der Waals surface area contributed by atoms with Gasteiger partial charge in [0, 0.05) is 18.0 Å². The van der Waals surface area contributed by atoms with Crippen molar-refractivity contribution in [2.75, 3.05) is 6.54 Å². The normalized spacial score (nSPS) is 24.9. The largest absolute Gasteiger partial charge is 0.487 e. The molecule has 1 aromatic rings. The van der Waals surface area contributed by atoms with Gasteiger partial charge in [-0.15, -0.1) is 0 Å². The van der Waals surface area contributed by atoms with Crippen molar-refractivity contribution >= 4 is 0 Å². The van der Waals surface area contributed by atoms with E-state index in [2.05, 4.69) is 37.4 Å². The fourth-order valence-corrected chi connectivity index (χ4v) is 3.10. The van der Waals surface area contributed by atoms with Gasteiger partial charge in [-0.1, -0.05) is 24.6 Å². The molecule has 2 nitrogen and oxygen atoms in total. The Kier molecular flexibility index (Phi) is 2.62. The van der Waals surface area contributed by atoms with Crippen LogP contribution in [0, 0.1) is 6.92 Å². The van der Waals surface area contributed by atoms with E-state index in [-0.39, 0.29) is 5.60 Å². The number of ether oxygens (including phenoxy) is 1. The minimum atomic E-state index is 0.148.